The fourth-order valence-corrected chi connectivity index (χ4v) is 8.58. The first kappa shape index (κ1) is 52.7. The monoisotopic (exact) mass is 1040 g/mol. The lowest BCUT2D eigenvalue weighted by atomic mass is 10.1. The summed E-state index contributed by atoms with van der Waals surface area (Å²) < 4.78 is 48.5. The number of hydrogen-bond acceptors (Lipinski definition) is 14. The molecule has 1 saturated carbocycles. The van der Waals surface area contributed by atoms with Crippen LogP contribution in [-0.2, 0) is 35.5 Å². The highest BCUT2D eigenvalue weighted by molar-refractivity contribution is 6.35. The molecule has 4 aromatic carbocycles. The number of rotatable bonds is 20. The maximum absolute atomic E-state index is 13.9. The highest BCUT2D eigenvalue weighted by Crippen LogP contribution is 2.43. The molecule has 4 amide bonds. The SMILES string of the molecule is C=CC(=O)Cc1ccccc1Nc1ncc2c(n1)N(CC(F)F)C(=O)N(c1cc(OC)cc(OC)c1)C2.C=CC(=O)Cc1ccccc1Nc1ncc2c(n1)N(CC1CC1)C(=O)N(c1cc(OC)cc(OC)c1Cl)C2. The maximum atomic E-state index is 13.9. The summed E-state index contributed by atoms with van der Waals surface area (Å²) >= 11 is 6.64. The number of allylic oxidation sites excluding steroid dienone is 2. The Morgan fingerprint density at radius 1 is 0.707 bits per heavy atom. The van der Waals surface area contributed by atoms with Crippen LogP contribution in [0, 0.1) is 5.92 Å². The maximum Gasteiger partial charge on any atom is 0.330 e. The summed E-state index contributed by atoms with van der Waals surface area (Å²) in [6, 6.07) is 21.9. The van der Waals surface area contributed by atoms with Crippen molar-refractivity contribution in [1.82, 2.24) is 19.9 Å². The summed E-state index contributed by atoms with van der Waals surface area (Å²) in [5, 5.41) is 6.58. The normalized spacial score (nSPS) is 13.8. The standard InChI is InChI=1S/C28H28ClN5O4.C26H25F2N5O4/c1-4-20(35)11-18-7-5-6-8-22(18)31-27-30-14-19-16-33(23-12-21(37-2)13-24(38-3)25(23)29)28(36)34(26(19)32-27)15-17-9-10-17;1-4-19(34)9-16-7-5-6-8-22(16)30-25-29-13-17-14-32(18-10-20(36-2)12-21(11-18)37-3)26(35)33(15-23(27)28)24(17)31-25/h4-8,12-14,17H,1,9-11,15-16H2,2-3H3,(H,30,31,32);4-8,10-13,23H,1,9,14-15H2,2-3H3,(H,29,30,31). The number of methoxy groups -OCH3 is 4. The van der Waals surface area contributed by atoms with E-state index < -0.39 is 19.0 Å². The molecular weight excluding hydrogens is 990 g/mol. The lowest BCUT2D eigenvalue weighted by Crippen LogP contribution is -2.49. The Bertz CT molecular complexity index is 3140. The number of hydrogen-bond donors (Lipinski definition) is 2. The van der Waals surface area contributed by atoms with E-state index >= 15 is 0 Å². The Morgan fingerprint density at radius 3 is 1.69 bits per heavy atom. The van der Waals surface area contributed by atoms with E-state index in [1.54, 1.807) is 77.7 Å². The first-order valence-corrected chi connectivity index (χ1v) is 23.9. The van der Waals surface area contributed by atoms with Crippen molar-refractivity contribution in [2.24, 2.45) is 5.92 Å². The molecular formula is C54H53ClF2N10O8. The molecule has 0 atom stereocenters. The van der Waals surface area contributed by atoms with Gasteiger partial charge in [-0.05, 0) is 54.2 Å². The summed E-state index contributed by atoms with van der Waals surface area (Å²) in [4.78, 5) is 74.7. The van der Waals surface area contributed by atoms with Gasteiger partial charge >= 0.3 is 12.1 Å². The Labute approximate surface area is 436 Å². The summed E-state index contributed by atoms with van der Waals surface area (Å²) in [5.41, 5.74) is 4.94. The number of nitrogens with one attached hydrogen (secondary N) is 2. The minimum Gasteiger partial charge on any atom is -0.497 e. The van der Waals surface area contributed by atoms with Crippen LogP contribution < -0.4 is 49.2 Å². The van der Waals surface area contributed by atoms with Crippen LogP contribution in [0.25, 0.3) is 0 Å². The van der Waals surface area contributed by atoms with Gasteiger partial charge in [0, 0.05) is 84.6 Å². The third kappa shape index (κ3) is 12.2. The van der Waals surface area contributed by atoms with Gasteiger partial charge in [0.25, 0.3) is 6.43 Å². The number of benzene rings is 4. The van der Waals surface area contributed by atoms with Gasteiger partial charge in [-0.1, -0.05) is 61.2 Å². The second-order valence-electron chi connectivity index (χ2n) is 17.4. The lowest BCUT2D eigenvalue weighted by Gasteiger charge is -2.36. The van der Waals surface area contributed by atoms with Crippen molar-refractivity contribution in [2.75, 3.05) is 71.8 Å². The average molecular weight is 1040 g/mol. The number of nitrogens with zero attached hydrogens (tertiary/aromatic N) is 8. The number of ketones is 2. The van der Waals surface area contributed by atoms with E-state index in [9.17, 15) is 28.0 Å². The smallest absolute Gasteiger partial charge is 0.330 e. The second kappa shape index (κ2) is 23.5. The third-order valence-electron chi connectivity index (χ3n) is 12.3. The number of fused-ring (bicyclic) bond motifs is 2. The molecule has 0 bridgehead atoms. The highest BCUT2D eigenvalue weighted by Gasteiger charge is 2.39. The topological polar surface area (TPSA) is 194 Å². The summed E-state index contributed by atoms with van der Waals surface area (Å²) in [7, 11) is 6.02. The number of ether oxygens (including phenoxy) is 4. The number of carbonyl (C=O) groups excluding carboxylic acids is 4. The molecule has 0 spiro atoms. The molecule has 2 aliphatic heterocycles. The quantitative estimate of drug-likeness (QED) is 0.0686. The van der Waals surface area contributed by atoms with Crippen LogP contribution in [0.5, 0.6) is 23.0 Å². The Hall–Kier alpha value is -8.65. The van der Waals surface area contributed by atoms with Crippen LogP contribution in [0.3, 0.4) is 0 Å². The van der Waals surface area contributed by atoms with E-state index in [4.69, 9.17) is 35.5 Å². The molecule has 0 saturated heterocycles. The largest absolute Gasteiger partial charge is 0.497 e. The Morgan fingerprint density at radius 2 is 1.20 bits per heavy atom. The molecule has 6 aromatic rings. The van der Waals surface area contributed by atoms with Gasteiger partial charge in [-0.2, -0.15) is 9.97 Å². The first-order valence-electron chi connectivity index (χ1n) is 23.6. The van der Waals surface area contributed by atoms with Crippen LogP contribution in [0.2, 0.25) is 5.02 Å². The third-order valence-corrected chi connectivity index (χ3v) is 12.7. The second-order valence-corrected chi connectivity index (χ2v) is 17.7. The Balaban J connectivity index is 0.000000199. The number of para-hydroxylation sites is 2. The predicted octanol–water partition coefficient (Wildman–Crippen LogP) is 10.3. The zero-order chi connectivity index (χ0) is 53.3. The van der Waals surface area contributed by atoms with Gasteiger partial charge in [0.2, 0.25) is 11.9 Å². The van der Waals surface area contributed by atoms with Gasteiger partial charge in [0.1, 0.15) is 39.7 Å². The van der Waals surface area contributed by atoms with Crippen molar-refractivity contribution < 1.29 is 46.9 Å². The van der Waals surface area contributed by atoms with E-state index in [0.717, 1.165) is 34.6 Å². The number of alkyl halides is 2. The fourth-order valence-electron chi connectivity index (χ4n) is 8.29. The number of aromatic nitrogens is 4. The van der Waals surface area contributed by atoms with Gasteiger partial charge in [0.15, 0.2) is 11.6 Å². The fraction of sp³-hybridized carbons (Fsp3) is 0.259. The van der Waals surface area contributed by atoms with Crippen molar-refractivity contribution in [3.05, 3.63) is 144 Å². The molecule has 388 valence electrons. The molecule has 1 fully saturated rings. The van der Waals surface area contributed by atoms with Gasteiger partial charge in [-0.25, -0.2) is 28.3 Å². The summed E-state index contributed by atoms with van der Waals surface area (Å²) in [6.45, 7) is 7.02. The molecule has 9 rings (SSSR count). The zero-order valence-electron chi connectivity index (χ0n) is 41.5. The molecule has 1 aliphatic carbocycles. The lowest BCUT2D eigenvalue weighted by molar-refractivity contribution is -0.114. The number of carbonyl (C=O) groups is 4. The van der Waals surface area contributed by atoms with E-state index in [1.807, 2.05) is 24.3 Å². The minimum atomic E-state index is -2.80. The van der Waals surface area contributed by atoms with Gasteiger partial charge in [-0.15, -0.1) is 0 Å². The molecule has 0 radical (unpaired) electrons. The van der Waals surface area contributed by atoms with Crippen molar-refractivity contribution >= 4 is 81.5 Å². The Kier molecular flexibility index (Phi) is 16.5. The van der Waals surface area contributed by atoms with Crippen molar-refractivity contribution in [1.29, 1.82) is 0 Å². The van der Waals surface area contributed by atoms with E-state index in [1.165, 1.54) is 44.6 Å². The van der Waals surface area contributed by atoms with Crippen LogP contribution >= 0.6 is 11.6 Å². The van der Waals surface area contributed by atoms with Gasteiger partial charge < -0.3 is 29.6 Å². The number of urea groups is 2. The molecule has 75 heavy (non-hydrogen) atoms. The summed E-state index contributed by atoms with van der Waals surface area (Å²) in [6.07, 6.45) is 5.41. The van der Waals surface area contributed by atoms with Gasteiger partial charge in [0.05, 0.1) is 59.4 Å². The minimum absolute atomic E-state index is 0.0505. The van der Waals surface area contributed by atoms with Crippen LogP contribution in [0.1, 0.15) is 35.1 Å². The number of amides is 4. The molecule has 3 aliphatic rings. The van der Waals surface area contributed by atoms with E-state index in [-0.39, 0.29) is 55.3 Å². The molecule has 2 aromatic heterocycles. The molecule has 0 unspecified atom stereocenters. The molecule has 21 heteroatoms. The first-order chi connectivity index (χ1) is 36.2. The van der Waals surface area contributed by atoms with Gasteiger partial charge in [-0.3, -0.25) is 29.2 Å². The van der Waals surface area contributed by atoms with Crippen LogP contribution in [0.15, 0.2) is 117 Å². The van der Waals surface area contributed by atoms with Crippen LogP contribution in [-0.4, -0.2) is 91.5 Å². The number of anilines is 8. The number of halogens is 3. The molecule has 18 nitrogen and oxygen atoms in total. The molecule has 2 N–H and O–H groups in total. The average Bonchev–Trinajstić information content (AvgIpc) is 4.26. The van der Waals surface area contributed by atoms with E-state index in [0.29, 0.717) is 80.4 Å². The molecule has 4 heterocycles. The highest BCUT2D eigenvalue weighted by atomic mass is 35.5. The van der Waals surface area contributed by atoms with Crippen molar-refractivity contribution in [2.45, 2.75) is 45.2 Å². The predicted molar refractivity (Wildman–Crippen MR) is 282 cm³/mol. The van der Waals surface area contributed by atoms with Crippen molar-refractivity contribution in [3.63, 3.8) is 0 Å². The van der Waals surface area contributed by atoms with Crippen LogP contribution in [0.4, 0.5) is 64.7 Å². The van der Waals surface area contributed by atoms with Crippen molar-refractivity contribution in [3.8, 4) is 23.0 Å². The zero-order valence-corrected chi connectivity index (χ0v) is 42.3. The summed E-state index contributed by atoms with van der Waals surface area (Å²) in [5.74, 6) is 3.06. The van der Waals surface area contributed by atoms with E-state index in [2.05, 4.69) is 38.7 Å².